The first kappa shape index (κ1) is 12.4. The van der Waals surface area contributed by atoms with Crippen LogP contribution < -0.4 is 5.32 Å². The molecule has 0 bridgehead atoms. The zero-order valence-electron chi connectivity index (χ0n) is 8.83. The number of benzene rings is 1. The molecule has 0 saturated carbocycles. The number of anilines is 1. The summed E-state index contributed by atoms with van der Waals surface area (Å²) in [5, 5.41) is 5.94. The quantitative estimate of drug-likeness (QED) is 0.906. The first-order chi connectivity index (χ1) is 8.08. The fourth-order valence-corrected chi connectivity index (χ4v) is 2.20. The van der Waals surface area contributed by atoms with Gasteiger partial charge in [0.25, 0.3) is 5.91 Å². The van der Waals surface area contributed by atoms with Crippen LogP contribution in [0.2, 0.25) is 10.0 Å². The van der Waals surface area contributed by atoms with Crippen molar-refractivity contribution >= 4 is 46.1 Å². The van der Waals surface area contributed by atoms with Gasteiger partial charge in [0.2, 0.25) is 0 Å². The van der Waals surface area contributed by atoms with E-state index in [9.17, 15) is 4.79 Å². The average Bonchev–Trinajstić information content (AvgIpc) is 2.72. The highest BCUT2D eigenvalue weighted by Gasteiger charge is 2.12. The molecule has 3 nitrogen and oxygen atoms in total. The number of hydrogen-bond acceptors (Lipinski definition) is 3. The molecule has 0 spiro atoms. The Morgan fingerprint density at radius 1 is 1.41 bits per heavy atom. The van der Waals surface area contributed by atoms with Gasteiger partial charge in [0.15, 0.2) is 0 Å². The Morgan fingerprint density at radius 3 is 2.82 bits per heavy atom. The Kier molecular flexibility index (Phi) is 3.66. The highest BCUT2D eigenvalue weighted by molar-refractivity contribution is 7.09. The normalized spacial score (nSPS) is 10.3. The van der Waals surface area contributed by atoms with Gasteiger partial charge in [0.1, 0.15) is 5.69 Å². The molecule has 1 heterocycles. The summed E-state index contributed by atoms with van der Waals surface area (Å²) in [6.45, 7) is 1.84. The second-order valence-electron chi connectivity index (χ2n) is 3.31. The Bertz CT molecular complexity index is 568. The molecule has 0 aliphatic heterocycles. The predicted octanol–water partition coefficient (Wildman–Crippen LogP) is 4.01. The molecule has 0 fully saturated rings. The van der Waals surface area contributed by atoms with E-state index >= 15 is 0 Å². The summed E-state index contributed by atoms with van der Waals surface area (Å²) in [7, 11) is 0. The summed E-state index contributed by atoms with van der Waals surface area (Å²) in [6.07, 6.45) is 0. The van der Waals surface area contributed by atoms with Gasteiger partial charge in [-0.3, -0.25) is 4.79 Å². The van der Waals surface area contributed by atoms with E-state index in [1.54, 1.807) is 23.6 Å². The van der Waals surface area contributed by atoms with Gasteiger partial charge in [-0.05, 0) is 19.1 Å². The number of carbonyl (C=O) groups is 1. The molecule has 88 valence electrons. The number of rotatable bonds is 2. The third-order valence-corrected chi connectivity index (χ3v) is 3.64. The zero-order chi connectivity index (χ0) is 12.4. The number of nitrogens with zero attached hydrogens (tertiary/aromatic N) is 1. The molecular formula is C11H8Cl2N2OS. The van der Waals surface area contributed by atoms with Crippen molar-refractivity contribution in [3.05, 3.63) is 44.3 Å². The van der Waals surface area contributed by atoms with Crippen molar-refractivity contribution in [1.82, 2.24) is 4.98 Å². The van der Waals surface area contributed by atoms with Gasteiger partial charge >= 0.3 is 0 Å². The van der Waals surface area contributed by atoms with Crippen LogP contribution in [0.1, 0.15) is 15.5 Å². The molecule has 1 amide bonds. The lowest BCUT2D eigenvalue weighted by Gasteiger charge is -2.06. The van der Waals surface area contributed by atoms with Gasteiger partial charge < -0.3 is 5.32 Å². The van der Waals surface area contributed by atoms with Crippen LogP contribution in [0.25, 0.3) is 0 Å². The molecule has 0 radical (unpaired) electrons. The zero-order valence-corrected chi connectivity index (χ0v) is 11.2. The van der Waals surface area contributed by atoms with Crippen LogP contribution in [-0.2, 0) is 0 Å². The van der Waals surface area contributed by atoms with Gasteiger partial charge in [-0.2, -0.15) is 0 Å². The summed E-state index contributed by atoms with van der Waals surface area (Å²) in [5.41, 5.74) is 0.860. The number of halogens is 2. The fourth-order valence-electron chi connectivity index (χ4n) is 1.25. The number of hydrogen-bond donors (Lipinski definition) is 1. The highest BCUT2D eigenvalue weighted by atomic mass is 35.5. The van der Waals surface area contributed by atoms with Crippen LogP contribution in [-0.4, -0.2) is 10.9 Å². The summed E-state index contributed by atoms with van der Waals surface area (Å²) in [5.74, 6) is -0.293. The van der Waals surface area contributed by atoms with Crippen LogP contribution in [0.3, 0.4) is 0 Å². The van der Waals surface area contributed by atoms with Crippen molar-refractivity contribution < 1.29 is 4.79 Å². The number of thiazole rings is 1. The minimum Gasteiger partial charge on any atom is -0.319 e. The summed E-state index contributed by atoms with van der Waals surface area (Å²) >= 11 is 13.2. The Hall–Kier alpha value is -1.10. The van der Waals surface area contributed by atoms with E-state index in [4.69, 9.17) is 23.2 Å². The maximum absolute atomic E-state index is 11.8. The molecule has 17 heavy (non-hydrogen) atoms. The first-order valence-corrected chi connectivity index (χ1v) is 6.39. The lowest BCUT2D eigenvalue weighted by molar-refractivity contribution is 0.102. The van der Waals surface area contributed by atoms with E-state index in [1.165, 1.54) is 11.3 Å². The number of nitrogens with one attached hydrogen (secondary N) is 1. The Balaban J connectivity index is 2.21. The van der Waals surface area contributed by atoms with E-state index < -0.39 is 0 Å². The Morgan fingerprint density at radius 2 is 2.18 bits per heavy atom. The maximum Gasteiger partial charge on any atom is 0.275 e. The van der Waals surface area contributed by atoms with Gasteiger partial charge in [-0.25, -0.2) is 4.98 Å². The first-order valence-electron chi connectivity index (χ1n) is 4.75. The van der Waals surface area contributed by atoms with Gasteiger partial charge in [0.05, 0.1) is 20.7 Å². The van der Waals surface area contributed by atoms with Gasteiger partial charge in [0, 0.05) is 5.38 Å². The molecular weight excluding hydrogens is 279 g/mol. The van der Waals surface area contributed by atoms with Crippen molar-refractivity contribution in [1.29, 1.82) is 0 Å². The van der Waals surface area contributed by atoms with Crippen LogP contribution in [0.4, 0.5) is 5.69 Å². The second kappa shape index (κ2) is 5.04. The lowest BCUT2D eigenvalue weighted by atomic mass is 10.3. The molecule has 0 aliphatic carbocycles. The molecule has 0 unspecified atom stereocenters. The molecule has 0 atom stereocenters. The number of amides is 1. The molecule has 1 aromatic heterocycles. The van der Waals surface area contributed by atoms with Crippen molar-refractivity contribution in [2.24, 2.45) is 0 Å². The topological polar surface area (TPSA) is 42.0 Å². The van der Waals surface area contributed by atoms with E-state index in [0.717, 1.165) is 5.01 Å². The van der Waals surface area contributed by atoms with Crippen molar-refractivity contribution in [2.75, 3.05) is 5.32 Å². The monoisotopic (exact) mass is 286 g/mol. The molecule has 1 aromatic carbocycles. The summed E-state index contributed by atoms with van der Waals surface area (Å²) in [6, 6.07) is 5.06. The predicted molar refractivity (Wildman–Crippen MR) is 71.3 cm³/mol. The standard InChI is InChI=1S/C11H8Cl2N2OS/c1-6-14-9(5-17-6)11(16)15-8-4-2-3-7(12)10(8)13/h2-5H,1H3,(H,15,16). The smallest absolute Gasteiger partial charge is 0.275 e. The second-order valence-corrected chi connectivity index (χ2v) is 5.15. The largest absolute Gasteiger partial charge is 0.319 e. The number of carbonyl (C=O) groups excluding carboxylic acids is 1. The van der Waals surface area contributed by atoms with Crippen LogP contribution in [0, 0.1) is 6.92 Å². The third-order valence-electron chi connectivity index (χ3n) is 2.05. The molecule has 2 aromatic rings. The lowest BCUT2D eigenvalue weighted by Crippen LogP contribution is -2.12. The molecule has 0 saturated heterocycles. The van der Waals surface area contributed by atoms with Crippen LogP contribution >= 0.6 is 34.5 Å². The molecule has 2 rings (SSSR count). The van der Waals surface area contributed by atoms with E-state index in [2.05, 4.69) is 10.3 Å². The van der Waals surface area contributed by atoms with E-state index in [0.29, 0.717) is 21.4 Å². The number of aryl methyl sites for hydroxylation is 1. The maximum atomic E-state index is 11.8. The van der Waals surface area contributed by atoms with E-state index in [1.807, 2.05) is 6.92 Å². The molecule has 1 N–H and O–H groups in total. The van der Waals surface area contributed by atoms with E-state index in [-0.39, 0.29) is 5.91 Å². The van der Waals surface area contributed by atoms with Crippen LogP contribution in [0.5, 0.6) is 0 Å². The Labute approximate surface area is 112 Å². The summed E-state index contributed by atoms with van der Waals surface area (Å²) < 4.78 is 0. The van der Waals surface area contributed by atoms with Gasteiger partial charge in [-0.1, -0.05) is 29.3 Å². The third kappa shape index (κ3) is 2.77. The fraction of sp³-hybridized carbons (Fsp3) is 0.0909. The average molecular weight is 287 g/mol. The van der Waals surface area contributed by atoms with Crippen molar-refractivity contribution in [3.8, 4) is 0 Å². The minimum absolute atomic E-state index is 0.293. The highest BCUT2D eigenvalue weighted by Crippen LogP contribution is 2.29. The van der Waals surface area contributed by atoms with Crippen molar-refractivity contribution in [2.45, 2.75) is 6.92 Å². The molecule has 6 heteroatoms. The van der Waals surface area contributed by atoms with Crippen molar-refractivity contribution in [3.63, 3.8) is 0 Å². The van der Waals surface area contributed by atoms with Crippen LogP contribution in [0.15, 0.2) is 23.6 Å². The SMILES string of the molecule is Cc1nc(C(=O)Nc2cccc(Cl)c2Cl)cs1. The minimum atomic E-state index is -0.293. The summed E-state index contributed by atoms with van der Waals surface area (Å²) in [4.78, 5) is 15.9. The van der Waals surface area contributed by atoms with Gasteiger partial charge in [-0.15, -0.1) is 11.3 Å². The molecule has 0 aliphatic rings. The number of aromatic nitrogens is 1.